The third kappa shape index (κ3) is 4.30. The highest BCUT2D eigenvalue weighted by atomic mass is 35.5. The molecule has 8 heteroatoms. The van der Waals surface area contributed by atoms with Crippen molar-refractivity contribution in [1.82, 2.24) is 5.32 Å². The van der Waals surface area contributed by atoms with Gasteiger partial charge in [-0.15, -0.1) is 0 Å². The SMILES string of the molecule is Cc1cc(=O)oc2cc(OCC(=O)NC[C@H]3COc4ccccc4O3)c(Cl)cc12. The summed E-state index contributed by atoms with van der Waals surface area (Å²) in [6, 6.07) is 11.9. The van der Waals surface area contributed by atoms with E-state index in [1.165, 1.54) is 12.1 Å². The summed E-state index contributed by atoms with van der Waals surface area (Å²) >= 11 is 6.23. The van der Waals surface area contributed by atoms with Gasteiger partial charge in [-0.1, -0.05) is 23.7 Å². The smallest absolute Gasteiger partial charge is 0.336 e. The minimum Gasteiger partial charge on any atom is -0.486 e. The average molecular weight is 416 g/mol. The Kier molecular flexibility index (Phi) is 5.31. The number of aryl methyl sites for hydroxylation is 1. The number of benzene rings is 2. The summed E-state index contributed by atoms with van der Waals surface area (Å²) in [5.74, 6) is 1.25. The van der Waals surface area contributed by atoms with Gasteiger partial charge in [0.1, 0.15) is 24.0 Å². The predicted octanol–water partition coefficient (Wildman–Crippen LogP) is 3.09. The second-order valence-electron chi connectivity index (χ2n) is 6.62. The van der Waals surface area contributed by atoms with Gasteiger partial charge in [0.2, 0.25) is 0 Å². The highest BCUT2D eigenvalue weighted by Gasteiger charge is 2.21. The van der Waals surface area contributed by atoms with Crippen LogP contribution in [0.3, 0.4) is 0 Å². The Labute approximate surface area is 171 Å². The number of rotatable bonds is 5. The zero-order chi connectivity index (χ0) is 20.4. The van der Waals surface area contributed by atoms with E-state index in [9.17, 15) is 9.59 Å². The Hall–Kier alpha value is -3.19. The lowest BCUT2D eigenvalue weighted by Crippen LogP contribution is -2.42. The first-order valence-electron chi connectivity index (χ1n) is 9.01. The van der Waals surface area contributed by atoms with Crippen LogP contribution < -0.4 is 25.2 Å². The summed E-state index contributed by atoms with van der Waals surface area (Å²) in [6.07, 6.45) is -0.296. The molecule has 1 amide bonds. The van der Waals surface area contributed by atoms with Crippen molar-refractivity contribution in [2.45, 2.75) is 13.0 Å². The number of amides is 1. The van der Waals surface area contributed by atoms with E-state index in [2.05, 4.69) is 5.32 Å². The van der Waals surface area contributed by atoms with E-state index in [4.69, 9.17) is 30.2 Å². The van der Waals surface area contributed by atoms with Crippen LogP contribution in [-0.2, 0) is 4.79 Å². The lowest BCUT2D eigenvalue weighted by molar-refractivity contribution is -0.123. The van der Waals surface area contributed by atoms with Crippen molar-refractivity contribution in [3.8, 4) is 17.2 Å². The van der Waals surface area contributed by atoms with Gasteiger partial charge in [-0.25, -0.2) is 4.79 Å². The van der Waals surface area contributed by atoms with Gasteiger partial charge < -0.3 is 23.9 Å². The molecule has 0 saturated carbocycles. The van der Waals surface area contributed by atoms with Crippen molar-refractivity contribution in [3.63, 3.8) is 0 Å². The first kappa shape index (κ1) is 19.1. The molecular weight excluding hydrogens is 398 g/mol. The molecule has 1 aliphatic rings. The van der Waals surface area contributed by atoms with Crippen LogP contribution in [0.25, 0.3) is 11.0 Å². The molecule has 4 rings (SSSR count). The van der Waals surface area contributed by atoms with Crippen LogP contribution >= 0.6 is 11.6 Å². The lowest BCUT2D eigenvalue weighted by atomic mass is 10.1. The average Bonchev–Trinajstić information content (AvgIpc) is 2.71. The van der Waals surface area contributed by atoms with Gasteiger partial charge >= 0.3 is 5.63 Å². The molecule has 1 aliphatic heterocycles. The maximum absolute atomic E-state index is 12.1. The van der Waals surface area contributed by atoms with Crippen LogP contribution in [0.4, 0.5) is 0 Å². The summed E-state index contributed by atoms with van der Waals surface area (Å²) in [4.78, 5) is 23.7. The maximum atomic E-state index is 12.1. The summed E-state index contributed by atoms with van der Waals surface area (Å²) in [5.41, 5.74) is 0.636. The quantitative estimate of drug-likeness (QED) is 0.644. The molecule has 7 nitrogen and oxygen atoms in total. The minimum absolute atomic E-state index is 0.245. The van der Waals surface area contributed by atoms with Gasteiger partial charge in [0.25, 0.3) is 5.91 Å². The number of hydrogen-bond acceptors (Lipinski definition) is 6. The molecule has 0 bridgehead atoms. The first-order valence-corrected chi connectivity index (χ1v) is 9.39. The lowest BCUT2D eigenvalue weighted by Gasteiger charge is -2.26. The zero-order valence-electron chi connectivity index (χ0n) is 15.6. The number of ether oxygens (including phenoxy) is 3. The number of fused-ring (bicyclic) bond motifs is 2. The summed E-state index contributed by atoms with van der Waals surface area (Å²) in [5, 5.41) is 3.77. The fourth-order valence-corrected chi connectivity index (χ4v) is 3.23. The van der Waals surface area contributed by atoms with Crippen LogP contribution in [0.5, 0.6) is 17.2 Å². The second kappa shape index (κ2) is 8.05. The van der Waals surface area contributed by atoms with Crippen molar-refractivity contribution < 1.29 is 23.4 Å². The van der Waals surface area contributed by atoms with Crippen molar-refractivity contribution in [2.24, 2.45) is 0 Å². The van der Waals surface area contributed by atoms with Gasteiger partial charge in [-0.2, -0.15) is 0 Å². The highest BCUT2D eigenvalue weighted by Crippen LogP contribution is 2.31. The fourth-order valence-electron chi connectivity index (χ4n) is 3.02. The number of halogens is 1. The molecule has 29 heavy (non-hydrogen) atoms. The second-order valence-corrected chi connectivity index (χ2v) is 7.02. The fraction of sp³-hybridized carbons (Fsp3) is 0.238. The van der Waals surface area contributed by atoms with E-state index >= 15 is 0 Å². The van der Waals surface area contributed by atoms with E-state index in [1.54, 1.807) is 13.0 Å². The number of para-hydroxylation sites is 2. The summed E-state index contributed by atoms with van der Waals surface area (Å²) < 4.78 is 22.1. The number of nitrogens with one attached hydrogen (secondary N) is 1. The number of carbonyl (C=O) groups excluding carboxylic acids is 1. The molecule has 0 aliphatic carbocycles. The summed E-state index contributed by atoms with van der Waals surface area (Å²) in [7, 11) is 0. The van der Waals surface area contributed by atoms with Gasteiger partial charge in [0.05, 0.1) is 11.6 Å². The molecule has 3 aromatic rings. The van der Waals surface area contributed by atoms with Gasteiger partial charge in [-0.3, -0.25) is 4.79 Å². The van der Waals surface area contributed by atoms with E-state index in [1.807, 2.05) is 24.3 Å². The molecule has 0 radical (unpaired) electrons. The first-order chi connectivity index (χ1) is 14.0. The largest absolute Gasteiger partial charge is 0.486 e. The molecule has 1 N–H and O–H groups in total. The predicted molar refractivity (Wildman–Crippen MR) is 107 cm³/mol. The number of carbonyl (C=O) groups is 1. The van der Waals surface area contributed by atoms with Crippen LogP contribution in [0.1, 0.15) is 5.56 Å². The Morgan fingerprint density at radius 1 is 1.24 bits per heavy atom. The van der Waals surface area contributed by atoms with Gasteiger partial charge in [-0.05, 0) is 30.7 Å². The molecule has 1 atom stereocenters. The van der Waals surface area contributed by atoms with Crippen molar-refractivity contribution >= 4 is 28.5 Å². The van der Waals surface area contributed by atoms with Crippen molar-refractivity contribution in [2.75, 3.05) is 19.8 Å². The summed E-state index contributed by atoms with van der Waals surface area (Å²) in [6.45, 7) is 2.16. The molecule has 2 aromatic carbocycles. The molecule has 0 unspecified atom stereocenters. The monoisotopic (exact) mass is 415 g/mol. The van der Waals surface area contributed by atoms with E-state index in [0.29, 0.717) is 34.1 Å². The Morgan fingerprint density at radius 3 is 2.86 bits per heavy atom. The molecular formula is C21H18ClNO6. The third-order valence-electron chi connectivity index (χ3n) is 4.46. The third-order valence-corrected chi connectivity index (χ3v) is 4.75. The van der Waals surface area contributed by atoms with Crippen LogP contribution in [-0.4, -0.2) is 31.8 Å². The molecule has 0 saturated heterocycles. The molecule has 1 aromatic heterocycles. The normalized spacial score (nSPS) is 15.2. The van der Waals surface area contributed by atoms with E-state index < -0.39 is 5.63 Å². The molecule has 150 valence electrons. The topological polar surface area (TPSA) is 87.0 Å². The maximum Gasteiger partial charge on any atom is 0.336 e. The zero-order valence-corrected chi connectivity index (χ0v) is 16.3. The standard InChI is InChI=1S/C21H18ClNO6/c1-12-6-21(25)29-18-8-19(15(22)7-14(12)18)27-11-20(24)23-9-13-10-26-16-4-2-3-5-17(16)28-13/h2-8,13H,9-11H2,1H3,(H,23,24)/t13-/m0/s1. The van der Waals surface area contributed by atoms with E-state index in [-0.39, 0.29) is 30.9 Å². The molecule has 0 spiro atoms. The Balaban J connectivity index is 1.34. The van der Waals surface area contributed by atoms with E-state index in [0.717, 1.165) is 5.56 Å². The van der Waals surface area contributed by atoms with Gasteiger partial charge in [0.15, 0.2) is 18.1 Å². The number of hydrogen-bond donors (Lipinski definition) is 1. The van der Waals surface area contributed by atoms with Crippen LogP contribution in [0.2, 0.25) is 5.02 Å². The van der Waals surface area contributed by atoms with Crippen molar-refractivity contribution in [1.29, 1.82) is 0 Å². The van der Waals surface area contributed by atoms with Crippen LogP contribution in [0, 0.1) is 6.92 Å². The van der Waals surface area contributed by atoms with Crippen molar-refractivity contribution in [3.05, 3.63) is 63.5 Å². The Bertz CT molecular complexity index is 1130. The molecule has 0 fully saturated rings. The highest BCUT2D eigenvalue weighted by molar-refractivity contribution is 6.32. The minimum atomic E-state index is -0.461. The van der Waals surface area contributed by atoms with Gasteiger partial charge in [0, 0.05) is 17.5 Å². The van der Waals surface area contributed by atoms with Crippen LogP contribution in [0.15, 0.2) is 51.7 Å². The Morgan fingerprint density at radius 2 is 2.03 bits per heavy atom. The molecule has 2 heterocycles.